The second-order valence-electron chi connectivity index (χ2n) is 2.84. The van der Waals surface area contributed by atoms with Crippen LogP contribution in [0, 0.1) is 0 Å². The molecule has 0 heterocycles. The minimum atomic E-state index is -0.723. The Labute approximate surface area is 84.1 Å². The van der Waals surface area contributed by atoms with Gasteiger partial charge in [-0.15, -0.1) is 0 Å². The number of ether oxygens (including phenoxy) is 1. The summed E-state index contributed by atoms with van der Waals surface area (Å²) in [5.41, 5.74) is 5.00. The molecule has 2 N–H and O–H groups in total. The Bertz CT molecular complexity index is 234. The van der Waals surface area contributed by atoms with Gasteiger partial charge in [0.15, 0.2) is 0 Å². The third kappa shape index (κ3) is 4.64. The summed E-state index contributed by atoms with van der Waals surface area (Å²) in [6.45, 7) is 3.96. The van der Waals surface area contributed by atoms with Gasteiger partial charge >= 0.3 is 5.97 Å². The van der Waals surface area contributed by atoms with Gasteiger partial charge in [-0.25, -0.2) is 4.79 Å². The zero-order valence-corrected chi connectivity index (χ0v) is 8.71. The van der Waals surface area contributed by atoms with E-state index in [-0.39, 0.29) is 12.2 Å². The molecule has 4 nitrogen and oxygen atoms in total. The number of hydrogen-bond donors (Lipinski definition) is 1. The lowest BCUT2D eigenvalue weighted by Gasteiger charge is -2.02. The summed E-state index contributed by atoms with van der Waals surface area (Å²) in [5.74, 6) is -1.35. The van der Waals surface area contributed by atoms with Gasteiger partial charge in [-0.1, -0.05) is 25.8 Å². The van der Waals surface area contributed by atoms with Gasteiger partial charge in [0.1, 0.15) is 5.57 Å². The Hall–Kier alpha value is -1.32. The van der Waals surface area contributed by atoms with Crippen LogP contribution >= 0.6 is 0 Å². The van der Waals surface area contributed by atoms with Crippen LogP contribution in [-0.4, -0.2) is 18.5 Å². The number of nitrogens with two attached hydrogens (primary N) is 1. The Balaban J connectivity index is 4.35. The molecule has 0 rings (SSSR count). The fourth-order valence-electron chi connectivity index (χ4n) is 0.944. The summed E-state index contributed by atoms with van der Waals surface area (Å²) >= 11 is 0. The molecule has 4 heteroatoms. The van der Waals surface area contributed by atoms with E-state index in [4.69, 9.17) is 5.73 Å². The number of rotatable bonds is 6. The number of unbranched alkanes of at least 4 members (excludes halogenated alkanes) is 2. The lowest BCUT2D eigenvalue weighted by atomic mass is 10.1. The number of primary amides is 1. The molecule has 0 aromatic heterocycles. The first-order valence-electron chi connectivity index (χ1n) is 4.80. The van der Waals surface area contributed by atoms with Gasteiger partial charge in [0.2, 0.25) is 0 Å². The van der Waals surface area contributed by atoms with E-state index in [1.165, 1.54) is 0 Å². The third-order valence-electron chi connectivity index (χ3n) is 1.67. The third-order valence-corrected chi connectivity index (χ3v) is 1.67. The van der Waals surface area contributed by atoms with Gasteiger partial charge in [0.05, 0.1) is 6.61 Å². The normalized spacial score (nSPS) is 11.1. The van der Waals surface area contributed by atoms with Crippen molar-refractivity contribution >= 4 is 11.9 Å². The highest BCUT2D eigenvalue weighted by molar-refractivity contribution is 6.15. The summed E-state index contributed by atoms with van der Waals surface area (Å²) in [6.07, 6.45) is 4.15. The summed E-state index contributed by atoms with van der Waals surface area (Å²) in [4.78, 5) is 22.1. The highest BCUT2D eigenvalue weighted by atomic mass is 16.5. The van der Waals surface area contributed by atoms with E-state index >= 15 is 0 Å². The molecule has 0 unspecified atom stereocenters. The van der Waals surface area contributed by atoms with Crippen LogP contribution in [0.2, 0.25) is 0 Å². The number of hydrogen-bond acceptors (Lipinski definition) is 3. The molecule has 0 aliphatic heterocycles. The number of amides is 1. The maximum Gasteiger partial charge on any atom is 0.343 e. The molecule has 0 aromatic carbocycles. The zero-order chi connectivity index (χ0) is 11.0. The molecule has 14 heavy (non-hydrogen) atoms. The highest BCUT2D eigenvalue weighted by Gasteiger charge is 2.15. The lowest BCUT2D eigenvalue weighted by molar-refractivity contribution is -0.139. The number of allylic oxidation sites excluding steroid dienone is 1. The molecule has 0 aliphatic rings. The lowest BCUT2D eigenvalue weighted by Crippen LogP contribution is -2.22. The Morgan fingerprint density at radius 1 is 1.36 bits per heavy atom. The average Bonchev–Trinajstić information content (AvgIpc) is 2.12. The van der Waals surface area contributed by atoms with Crippen molar-refractivity contribution in [2.75, 3.05) is 6.61 Å². The van der Waals surface area contributed by atoms with E-state index < -0.39 is 11.9 Å². The minimum Gasteiger partial charge on any atom is -0.462 e. The standard InChI is InChI=1S/C10H17NO3/c1-3-5-6-7-8(9(11)12)10(13)14-4-2/h7H,3-6H2,1-2H3,(H2,11,12). The maximum atomic E-state index is 11.2. The van der Waals surface area contributed by atoms with Crippen LogP contribution in [0.25, 0.3) is 0 Å². The quantitative estimate of drug-likeness (QED) is 0.229. The van der Waals surface area contributed by atoms with Gasteiger partial charge < -0.3 is 10.5 Å². The van der Waals surface area contributed by atoms with E-state index in [0.29, 0.717) is 6.42 Å². The van der Waals surface area contributed by atoms with Gasteiger partial charge in [-0.2, -0.15) is 0 Å². The highest BCUT2D eigenvalue weighted by Crippen LogP contribution is 2.03. The van der Waals surface area contributed by atoms with Crippen LogP contribution in [-0.2, 0) is 14.3 Å². The van der Waals surface area contributed by atoms with Crippen molar-refractivity contribution in [2.45, 2.75) is 33.1 Å². The molecule has 0 aromatic rings. The predicted octanol–water partition coefficient (Wildman–Crippen LogP) is 1.15. The molecule has 0 spiro atoms. The van der Waals surface area contributed by atoms with Crippen LogP contribution in [0.1, 0.15) is 33.1 Å². The Morgan fingerprint density at radius 2 is 2.00 bits per heavy atom. The van der Waals surface area contributed by atoms with Crippen LogP contribution in [0.15, 0.2) is 11.6 Å². The number of carbonyl (C=O) groups excluding carboxylic acids is 2. The van der Waals surface area contributed by atoms with Crippen molar-refractivity contribution in [3.05, 3.63) is 11.6 Å². The minimum absolute atomic E-state index is 0.0414. The first-order valence-corrected chi connectivity index (χ1v) is 4.80. The molecule has 0 bridgehead atoms. The van der Waals surface area contributed by atoms with E-state index in [2.05, 4.69) is 4.74 Å². The van der Waals surface area contributed by atoms with Gasteiger partial charge in [0, 0.05) is 0 Å². The topological polar surface area (TPSA) is 69.4 Å². The van der Waals surface area contributed by atoms with Crippen LogP contribution in [0.5, 0.6) is 0 Å². The maximum absolute atomic E-state index is 11.2. The molecule has 0 radical (unpaired) electrons. The van der Waals surface area contributed by atoms with Crippen molar-refractivity contribution in [1.29, 1.82) is 0 Å². The molecular weight excluding hydrogens is 182 g/mol. The second kappa shape index (κ2) is 7.12. The largest absolute Gasteiger partial charge is 0.462 e. The van der Waals surface area contributed by atoms with E-state index in [1.54, 1.807) is 13.0 Å². The summed E-state index contributed by atoms with van der Waals surface area (Å²) < 4.78 is 4.69. The Kier molecular flexibility index (Phi) is 6.45. The van der Waals surface area contributed by atoms with E-state index in [9.17, 15) is 9.59 Å². The van der Waals surface area contributed by atoms with Crippen molar-refractivity contribution in [3.8, 4) is 0 Å². The van der Waals surface area contributed by atoms with Crippen molar-refractivity contribution in [3.63, 3.8) is 0 Å². The summed E-state index contributed by atoms with van der Waals surface area (Å²) in [7, 11) is 0. The van der Waals surface area contributed by atoms with Crippen molar-refractivity contribution in [1.82, 2.24) is 0 Å². The average molecular weight is 199 g/mol. The summed E-state index contributed by atoms with van der Waals surface area (Å²) in [6, 6.07) is 0. The smallest absolute Gasteiger partial charge is 0.343 e. The van der Waals surface area contributed by atoms with E-state index in [1.807, 2.05) is 6.92 Å². The summed E-state index contributed by atoms with van der Waals surface area (Å²) in [5, 5.41) is 0. The van der Waals surface area contributed by atoms with Crippen LogP contribution in [0.4, 0.5) is 0 Å². The molecule has 0 saturated carbocycles. The van der Waals surface area contributed by atoms with Crippen molar-refractivity contribution in [2.24, 2.45) is 5.73 Å². The molecule has 0 saturated heterocycles. The van der Waals surface area contributed by atoms with E-state index in [0.717, 1.165) is 12.8 Å². The monoisotopic (exact) mass is 199 g/mol. The van der Waals surface area contributed by atoms with Crippen molar-refractivity contribution < 1.29 is 14.3 Å². The Morgan fingerprint density at radius 3 is 2.43 bits per heavy atom. The molecular formula is C10H17NO3. The van der Waals surface area contributed by atoms with Crippen LogP contribution in [0.3, 0.4) is 0 Å². The molecule has 1 amide bonds. The fraction of sp³-hybridized carbons (Fsp3) is 0.600. The fourth-order valence-corrected chi connectivity index (χ4v) is 0.944. The van der Waals surface area contributed by atoms with Crippen LogP contribution < -0.4 is 5.73 Å². The van der Waals surface area contributed by atoms with Gasteiger partial charge in [-0.05, 0) is 13.3 Å². The molecule has 0 fully saturated rings. The van der Waals surface area contributed by atoms with Gasteiger partial charge in [0.25, 0.3) is 5.91 Å². The predicted molar refractivity (Wildman–Crippen MR) is 53.4 cm³/mol. The first kappa shape index (κ1) is 12.7. The number of carbonyl (C=O) groups is 2. The molecule has 0 aliphatic carbocycles. The second-order valence-corrected chi connectivity index (χ2v) is 2.84. The first-order chi connectivity index (χ1) is 6.63. The zero-order valence-electron chi connectivity index (χ0n) is 8.71. The molecule has 80 valence electrons. The van der Waals surface area contributed by atoms with Gasteiger partial charge in [-0.3, -0.25) is 4.79 Å². The molecule has 0 atom stereocenters. The SMILES string of the molecule is CCCCC=C(C(N)=O)C(=O)OCC. The number of esters is 1.